The number of carbonyl (C=O) groups is 2. The molecule has 2 aliphatic rings. The minimum absolute atomic E-state index is 0.0230. The van der Waals surface area contributed by atoms with Crippen molar-refractivity contribution in [2.75, 3.05) is 4.90 Å². The van der Waals surface area contributed by atoms with Crippen LogP contribution in [0, 0.1) is 5.92 Å². The van der Waals surface area contributed by atoms with E-state index in [1.807, 2.05) is 97.1 Å². The number of hydrogen-bond acceptors (Lipinski definition) is 3. The summed E-state index contributed by atoms with van der Waals surface area (Å²) >= 11 is 3.48. The summed E-state index contributed by atoms with van der Waals surface area (Å²) in [4.78, 5) is 30.7. The molecule has 1 saturated heterocycles. The van der Waals surface area contributed by atoms with Crippen molar-refractivity contribution >= 4 is 39.3 Å². The van der Waals surface area contributed by atoms with Crippen LogP contribution in [-0.2, 0) is 0 Å². The smallest absolute Gasteiger partial charge is 0.185 e. The van der Waals surface area contributed by atoms with Crippen molar-refractivity contribution in [3.8, 4) is 0 Å². The third-order valence-electron chi connectivity index (χ3n) is 7.35. The van der Waals surface area contributed by atoms with Crippen molar-refractivity contribution < 1.29 is 9.59 Å². The summed E-state index contributed by atoms with van der Waals surface area (Å²) in [6.07, 6.45) is 4.20. The van der Waals surface area contributed by atoms with Gasteiger partial charge in [-0.05, 0) is 29.3 Å². The topological polar surface area (TPSA) is 37.4 Å². The van der Waals surface area contributed by atoms with Crippen LogP contribution in [0.15, 0.2) is 120 Å². The summed E-state index contributed by atoms with van der Waals surface area (Å²) in [5.41, 5.74) is 4.37. The van der Waals surface area contributed by atoms with Gasteiger partial charge in [0.15, 0.2) is 11.6 Å². The van der Waals surface area contributed by atoms with Crippen molar-refractivity contribution in [3.63, 3.8) is 0 Å². The molecule has 36 heavy (non-hydrogen) atoms. The van der Waals surface area contributed by atoms with Crippen molar-refractivity contribution in [1.82, 2.24) is 0 Å². The van der Waals surface area contributed by atoms with Gasteiger partial charge in [0.2, 0.25) is 0 Å². The van der Waals surface area contributed by atoms with Crippen LogP contribution >= 0.6 is 15.9 Å². The normalized spacial score (nSPS) is 22.1. The van der Waals surface area contributed by atoms with Crippen LogP contribution in [0.2, 0.25) is 0 Å². The number of ketones is 2. The van der Waals surface area contributed by atoms with Gasteiger partial charge >= 0.3 is 0 Å². The highest BCUT2D eigenvalue weighted by molar-refractivity contribution is 9.10. The molecule has 0 amide bonds. The zero-order valence-electron chi connectivity index (χ0n) is 19.5. The van der Waals surface area contributed by atoms with Crippen LogP contribution in [0.25, 0.3) is 6.08 Å². The van der Waals surface area contributed by atoms with E-state index in [2.05, 4.69) is 45.1 Å². The number of benzene rings is 4. The minimum atomic E-state index is -0.526. The van der Waals surface area contributed by atoms with Gasteiger partial charge < -0.3 is 4.90 Å². The molecule has 0 N–H and O–H groups in total. The van der Waals surface area contributed by atoms with Gasteiger partial charge in [-0.15, -0.1) is 0 Å². The Morgan fingerprint density at radius 3 is 2.00 bits per heavy atom. The van der Waals surface area contributed by atoms with Crippen LogP contribution in [-0.4, -0.2) is 23.7 Å². The molecule has 3 nitrogen and oxygen atoms in total. The molecule has 176 valence electrons. The van der Waals surface area contributed by atoms with E-state index in [1.165, 1.54) is 0 Å². The molecule has 4 heteroatoms. The Bertz CT molecular complexity index is 1450. The average Bonchev–Trinajstić information content (AvgIpc) is 3.29. The van der Waals surface area contributed by atoms with Crippen molar-refractivity contribution in [2.24, 2.45) is 5.92 Å². The lowest BCUT2D eigenvalue weighted by atomic mass is 9.76. The summed E-state index contributed by atoms with van der Waals surface area (Å²) in [6.45, 7) is 0. The third-order valence-corrected chi connectivity index (χ3v) is 7.88. The average molecular weight is 534 g/mol. The molecular formula is C32H24BrNO2. The zero-order chi connectivity index (χ0) is 24.6. The highest BCUT2D eigenvalue weighted by Crippen LogP contribution is 2.50. The SMILES string of the molecule is O=C(c1ccccc1)[C@@H]1[C@H](c2ccccc2)[C@@H](C(=O)c2ccc(Br)cc2)N2c3ccccc3C=C[C@H]12. The maximum absolute atomic E-state index is 14.3. The molecular weight excluding hydrogens is 510 g/mol. The molecule has 0 aromatic heterocycles. The van der Waals surface area contributed by atoms with Gasteiger partial charge in [-0.25, -0.2) is 0 Å². The highest BCUT2D eigenvalue weighted by atomic mass is 79.9. The fraction of sp³-hybridized carbons (Fsp3) is 0.125. The van der Waals surface area contributed by atoms with Gasteiger partial charge in [0.05, 0.1) is 12.0 Å². The Kier molecular flexibility index (Phi) is 5.90. The van der Waals surface area contributed by atoms with E-state index >= 15 is 0 Å². The Hall–Kier alpha value is -3.76. The quantitative estimate of drug-likeness (QED) is 0.254. The van der Waals surface area contributed by atoms with Gasteiger partial charge in [-0.3, -0.25) is 9.59 Å². The number of rotatable bonds is 5. The van der Waals surface area contributed by atoms with Gasteiger partial charge in [0.1, 0.15) is 6.04 Å². The van der Waals surface area contributed by atoms with Crippen LogP contribution in [0.4, 0.5) is 5.69 Å². The zero-order valence-corrected chi connectivity index (χ0v) is 21.1. The molecule has 6 rings (SSSR count). The van der Waals surface area contributed by atoms with Gasteiger partial charge in [-0.1, -0.05) is 119 Å². The predicted octanol–water partition coefficient (Wildman–Crippen LogP) is 7.20. The molecule has 1 fully saturated rings. The van der Waals surface area contributed by atoms with E-state index in [-0.39, 0.29) is 23.5 Å². The number of hydrogen-bond donors (Lipinski definition) is 0. The number of para-hydroxylation sites is 1. The van der Waals surface area contributed by atoms with Crippen LogP contribution in [0.1, 0.15) is 37.8 Å². The summed E-state index contributed by atoms with van der Waals surface area (Å²) in [6, 6.07) is 34.4. The van der Waals surface area contributed by atoms with Crippen LogP contribution in [0.3, 0.4) is 0 Å². The third kappa shape index (κ3) is 3.82. The Labute approximate surface area is 219 Å². The Morgan fingerprint density at radius 1 is 0.667 bits per heavy atom. The molecule has 0 spiro atoms. The summed E-state index contributed by atoms with van der Waals surface area (Å²) in [7, 11) is 0. The molecule has 0 radical (unpaired) electrons. The van der Waals surface area contributed by atoms with Crippen molar-refractivity contribution in [3.05, 3.63) is 142 Å². The Morgan fingerprint density at radius 2 is 1.28 bits per heavy atom. The lowest BCUT2D eigenvalue weighted by Gasteiger charge is -2.35. The van der Waals surface area contributed by atoms with Crippen LogP contribution < -0.4 is 4.90 Å². The summed E-state index contributed by atoms with van der Waals surface area (Å²) in [5.74, 6) is -0.635. The lowest BCUT2D eigenvalue weighted by molar-refractivity contribution is 0.0896. The first-order valence-electron chi connectivity index (χ1n) is 12.1. The minimum Gasteiger partial charge on any atom is -0.353 e. The van der Waals surface area contributed by atoms with E-state index < -0.39 is 12.0 Å². The first-order chi connectivity index (χ1) is 17.6. The molecule has 2 aliphatic heterocycles. The lowest BCUT2D eigenvalue weighted by Crippen LogP contribution is -2.43. The molecule has 4 aromatic carbocycles. The van der Waals surface area contributed by atoms with Crippen molar-refractivity contribution in [1.29, 1.82) is 0 Å². The molecule has 4 atom stereocenters. The maximum Gasteiger partial charge on any atom is 0.185 e. The number of halogens is 1. The number of anilines is 1. The van der Waals surface area contributed by atoms with Crippen molar-refractivity contribution in [2.45, 2.75) is 18.0 Å². The highest BCUT2D eigenvalue weighted by Gasteiger charge is 2.55. The van der Waals surface area contributed by atoms with E-state index in [4.69, 9.17) is 0 Å². The number of Topliss-reactive ketones (excluding diaryl/α,β-unsaturated/α-hetero) is 2. The fourth-order valence-electron chi connectivity index (χ4n) is 5.78. The van der Waals surface area contributed by atoms with E-state index in [0.717, 1.165) is 21.3 Å². The number of fused-ring (bicyclic) bond motifs is 3. The first-order valence-corrected chi connectivity index (χ1v) is 12.9. The largest absolute Gasteiger partial charge is 0.353 e. The molecule has 0 saturated carbocycles. The molecule has 4 aromatic rings. The van der Waals surface area contributed by atoms with E-state index in [0.29, 0.717) is 11.1 Å². The first kappa shape index (κ1) is 22.7. The number of carbonyl (C=O) groups excluding carboxylic acids is 2. The summed E-state index contributed by atoms with van der Waals surface area (Å²) in [5, 5.41) is 0. The molecule has 0 aliphatic carbocycles. The van der Waals surface area contributed by atoms with Crippen LogP contribution in [0.5, 0.6) is 0 Å². The van der Waals surface area contributed by atoms with Gasteiger partial charge in [0, 0.05) is 27.2 Å². The second kappa shape index (κ2) is 9.36. The second-order valence-electron chi connectivity index (χ2n) is 9.32. The van der Waals surface area contributed by atoms with Gasteiger partial charge in [0.25, 0.3) is 0 Å². The fourth-order valence-corrected chi connectivity index (χ4v) is 6.05. The second-order valence-corrected chi connectivity index (χ2v) is 10.2. The molecule has 2 heterocycles. The maximum atomic E-state index is 14.3. The molecule has 0 unspecified atom stereocenters. The van der Waals surface area contributed by atoms with E-state index in [9.17, 15) is 9.59 Å². The standard InChI is InChI=1S/C32H24BrNO2/c33-25-18-15-24(16-19-25)32(36)30-28(22-10-3-1-4-11-22)29(31(35)23-12-5-2-6-13-23)27-20-17-21-9-7-8-14-26(21)34(27)30/h1-20,27-30H/t27-,28+,29+,30+/m1/s1. The monoisotopic (exact) mass is 533 g/mol. The Balaban J connectivity index is 1.57. The predicted molar refractivity (Wildman–Crippen MR) is 147 cm³/mol. The number of nitrogens with zero attached hydrogens (tertiary/aromatic N) is 1. The summed E-state index contributed by atoms with van der Waals surface area (Å²) < 4.78 is 0.923. The molecule has 0 bridgehead atoms. The van der Waals surface area contributed by atoms with E-state index in [1.54, 1.807) is 0 Å². The van der Waals surface area contributed by atoms with Gasteiger partial charge in [-0.2, -0.15) is 0 Å².